The monoisotopic (exact) mass is 1280 g/mol. The number of ether oxygens (including phenoxy) is 8. The van der Waals surface area contributed by atoms with E-state index in [4.69, 9.17) is 37.9 Å². The van der Waals surface area contributed by atoms with Crippen molar-refractivity contribution in [2.75, 3.05) is 66.9 Å². The normalized spacial score (nSPS) is 13.8. The van der Waals surface area contributed by atoms with E-state index in [0.29, 0.717) is 77.7 Å². The van der Waals surface area contributed by atoms with Crippen LogP contribution in [0.25, 0.3) is 32.3 Å². The first-order chi connectivity index (χ1) is 44.9. The highest BCUT2D eigenvalue weighted by molar-refractivity contribution is 6.29. The molecule has 0 spiro atoms. The molecule has 94 heavy (non-hydrogen) atoms. The summed E-state index contributed by atoms with van der Waals surface area (Å²) in [5.74, 6) is -3.31. The molecule has 0 radical (unpaired) electrons. The largest absolute Gasteiger partial charge is 0.496 e. The van der Waals surface area contributed by atoms with Crippen molar-refractivity contribution in [3.8, 4) is 23.0 Å². The van der Waals surface area contributed by atoms with E-state index in [0.717, 1.165) is 45.8 Å². The van der Waals surface area contributed by atoms with Gasteiger partial charge in [-0.1, -0.05) is 57.5 Å². The molecule has 488 valence electrons. The average molecular weight is 1280 g/mol. The second-order valence-electron chi connectivity index (χ2n) is 22.4. The minimum Gasteiger partial charge on any atom is -0.496 e. The lowest BCUT2D eigenvalue weighted by Crippen LogP contribution is -2.42. The Morgan fingerprint density at radius 3 is 1.23 bits per heavy atom. The molecule has 6 amide bonds. The molecule has 1 fully saturated rings. The maximum Gasteiger partial charge on any atom is 0.333 e. The lowest BCUT2D eigenvalue weighted by molar-refractivity contribution is -0.140. The molecule has 1 saturated carbocycles. The number of methoxy groups -OCH3 is 2. The van der Waals surface area contributed by atoms with Crippen LogP contribution in [-0.4, -0.2) is 153 Å². The number of ketones is 1. The topological polar surface area (TPSA) is 271 Å². The number of allylic oxidation sites excluding steroid dienone is 1. The zero-order valence-corrected chi connectivity index (χ0v) is 53.2. The van der Waals surface area contributed by atoms with Gasteiger partial charge in [-0.3, -0.25) is 48.3 Å². The molecule has 0 saturated heterocycles. The summed E-state index contributed by atoms with van der Waals surface area (Å²) < 4.78 is 43.1. The molecule has 1 aliphatic carbocycles. The van der Waals surface area contributed by atoms with Crippen molar-refractivity contribution in [2.45, 2.75) is 72.3 Å². The van der Waals surface area contributed by atoms with Gasteiger partial charge in [0, 0.05) is 89.0 Å². The Kier molecular flexibility index (Phi) is 22.3. The van der Waals surface area contributed by atoms with Gasteiger partial charge in [0.1, 0.15) is 56.0 Å². The van der Waals surface area contributed by atoms with Crippen molar-refractivity contribution in [1.82, 2.24) is 14.7 Å². The van der Waals surface area contributed by atoms with E-state index >= 15 is 0 Å². The number of hydrogen-bond acceptors (Lipinski definition) is 19. The fourth-order valence-electron chi connectivity index (χ4n) is 11.0. The van der Waals surface area contributed by atoms with E-state index in [9.17, 15) is 52.7 Å². The zero-order valence-electron chi connectivity index (χ0n) is 53.2. The van der Waals surface area contributed by atoms with Gasteiger partial charge in [-0.25, -0.2) is 19.2 Å². The summed E-state index contributed by atoms with van der Waals surface area (Å²) in [7, 11) is 2.95. The van der Waals surface area contributed by atoms with E-state index in [1.807, 2.05) is 18.2 Å². The smallest absolute Gasteiger partial charge is 0.333 e. The Morgan fingerprint density at radius 2 is 0.809 bits per heavy atom. The van der Waals surface area contributed by atoms with Crippen molar-refractivity contribution in [2.24, 2.45) is 0 Å². The molecular formula is C72H71N3O19. The first kappa shape index (κ1) is 68.9. The molecule has 0 N–H and O–H groups in total. The molecular weight excluding hydrogens is 1210 g/mol. The van der Waals surface area contributed by atoms with Gasteiger partial charge in [-0.2, -0.15) is 0 Å². The van der Waals surface area contributed by atoms with E-state index in [1.165, 1.54) is 40.6 Å². The summed E-state index contributed by atoms with van der Waals surface area (Å²) in [6, 6.07) is 21.8. The second kappa shape index (κ2) is 30.4. The lowest BCUT2D eigenvalue weighted by Gasteiger charge is -2.28. The number of rotatable bonds is 24. The van der Waals surface area contributed by atoms with Crippen molar-refractivity contribution >= 4 is 97.4 Å². The molecule has 4 aliphatic rings. The van der Waals surface area contributed by atoms with E-state index in [2.05, 4.69) is 32.9 Å². The molecule has 10 rings (SSSR count). The van der Waals surface area contributed by atoms with Gasteiger partial charge in [0.25, 0.3) is 35.4 Å². The number of esters is 4. The van der Waals surface area contributed by atoms with Crippen LogP contribution in [-0.2, 0) is 49.3 Å². The number of imide groups is 3. The predicted octanol–water partition coefficient (Wildman–Crippen LogP) is 10.2. The molecule has 3 aliphatic heterocycles. The molecule has 0 aromatic heterocycles. The van der Waals surface area contributed by atoms with Gasteiger partial charge < -0.3 is 37.9 Å². The highest BCUT2D eigenvalue weighted by atomic mass is 16.6. The first-order valence-electron chi connectivity index (χ1n) is 30.1. The van der Waals surface area contributed by atoms with Crippen LogP contribution in [0.2, 0.25) is 0 Å². The van der Waals surface area contributed by atoms with Crippen LogP contribution in [0.15, 0.2) is 140 Å². The Bertz CT molecular complexity index is 4140. The summed E-state index contributed by atoms with van der Waals surface area (Å²) >= 11 is 0. The Morgan fingerprint density at radius 1 is 0.436 bits per heavy atom. The number of benzene rings is 6. The highest BCUT2D eigenvalue weighted by Crippen LogP contribution is 2.43. The van der Waals surface area contributed by atoms with Gasteiger partial charge in [-0.15, -0.1) is 0 Å². The third-order valence-electron chi connectivity index (χ3n) is 15.6. The van der Waals surface area contributed by atoms with E-state index in [-0.39, 0.29) is 116 Å². The van der Waals surface area contributed by atoms with Crippen molar-refractivity contribution < 1.29 is 90.6 Å². The van der Waals surface area contributed by atoms with Crippen LogP contribution >= 0.6 is 0 Å². The summed E-state index contributed by atoms with van der Waals surface area (Å²) in [6.07, 6.45) is 7.08. The van der Waals surface area contributed by atoms with Gasteiger partial charge >= 0.3 is 23.9 Å². The molecule has 6 aromatic rings. The van der Waals surface area contributed by atoms with Crippen LogP contribution in [0.4, 0.5) is 0 Å². The number of hydrogen-bond donors (Lipinski definition) is 0. The SMILES string of the molecule is C=C(C)C(=O)OCCN1C(=O)c2cccc3c(OC4CCCCC4)ccc(c23)C1=O.C=C(C)C(=O)OCCOc1ccc2c3c(ccc(OC)c13)C(=O)N(CCOC(=O)C(=C)C)C2=O.C=CC(=O)Cc1ccc2c3c(ccc(OC)c13)C(=O)N(CCOC(=O)C(=C)C)C2=O. The van der Waals surface area contributed by atoms with Gasteiger partial charge in [-0.05, 0) is 126 Å². The van der Waals surface area contributed by atoms with Gasteiger partial charge in [0.2, 0.25) is 0 Å². The maximum atomic E-state index is 13.1. The Balaban J connectivity index is 0.000000181. The quantitative estimate of drug-likeness (QED) is 0.0179. The number of amides is 6. The molecule has 0 unspecified atom stereocenters. The standard InChI is InChI=1S/C25H25NO8.C24H25NO5.C23H21NO6/c1-14(2)24(29)33-11-10-26-22(27)16-6-8-18(31-5)21-19(9-7-17(20(16)21)23(26)28)32-12-13-34-25(30)15(3)4;1-15(2)24(28)29-14-13-25-22(26)18-10-6-9-17-20(30-16-7-4-3-5-8-16)12-11-19(21(17)18)23(25)27;1-5-15(25)12-14-6-7-16-20-17(8-9-18(29-4)19(14)20)22(27)24(21(16)26)10-11-30-23(28)13(2)3/h6-9H,1,3,10-13H2,2,4-5H3;6,9-12,16H,1,3-5,7-8,13-14H2,2H3;5-9H,1-2,10-12H2,3-4H3. The van der Waals surface area contributed by atoms with E-state index in [1.54, 1.807) is 74.5 Å². The first-order valence-corrected chi connectivity index (χ1v) is 30.1. The summed E-state index contributed by atoms with van der Waals surface area (Å²) in [5, 5.41) is 3.29. The third-order valence-corrected chi connectivity index (χ3v) is 15.6. The minimum absolute atomic E-state index is 0.00710. The Labute approximate surface area is 541 Å². The average Bonchev–Trinajstić information content (AvgIpc) is 0.753. The van der Waals surface area contributed by atoms with Gasteiger partial charge in [0.05, 0.1) is 45.3 Å². The van der Waals surface area contributed by atoms with Crippen molar-refractivity contribution in [3.63, 3.8) is 0 Å². The van der Waals surface area contributed by atoms with Crippen LogP contribution < -0.4 is 18.9 Å². The van der Waals surface area contributed by atoms with Gasteiger partial charge in [0.15, 0.2) is 5.78 Å². The minimum atomic E-state index is -0.597. The lowest BCUT2D eigenvalue weighted by atomic mass is 9.89. The summed E-state index contributed by atoms with van der Waals surface area (Å²) in [4.78, 5) is 140. The zero-order chi connectivity index (χ0) is 68.2. The molecule has 6 aromatic carbocycles. The van der Waals surface area contributed by atoms with E-state index < -0.39 is 47.5 Å². The second-order valence-corrected chi connectivity index (χ2v) is 22.4. The fraction of sp³-hybridized carbons (Fsp3) is 0.292. The van der Waals surface area contributed by atoms with Crippen LogP contribution in [0.1, 0.15) is 128 Å². The highest BCUT2D eigenvalue weighted by Gasteiger charge is 2.38. The molecule has 0 atom stereocenters. The van der Waals surface area contributed by atoms with Crippen molar-refractivity contribution in [3.05, 3.63) is 179 Å². The summed E-state index contributed by atoms with van der Waals surface area (Å²) in [5.41, 5.74) is 3.78. The fourth-order valence-corrected chi connectivity index (χ4v) is 11.0. The van der Waals surface area contributed by atoms with Crippen LogP contribution in [0, 0.1) is 0 Å². The third kappa shape index (κ3) is 14.8. The van der Waals surface area contributed by atoms with Crippen LogP contribution in [0.5, 0.6) is 23.0 Å². The number of nitrogens with zero attached hydrogens (tertiary/aromatic N) is 3. The summed E-state index contributed by atoms with van der Waals surface area (Å²) in [6.45, 7) is 23.1. The Hall–Kier alpha value is -11.0. The van der Waals surface area contributed by atoms with Crippen molar-refractivity contribution in [1.29, 1.82) is 0 Å². The van der Waals surface area contributed by atoms with Crippen LogP contribution in [0.3, 0.4) is 0 Å². The molecule has 0 bridgehead atoms. The predicted molar refractivity (Wildman–Crippen MR) is 346 cm³/mol. The molecule has 22 nitrogen and oxygen atoms in total. The number of carbonyl (C=O) groups excluding carboxylic acids is 11. The maximum absolute atomic E-state index is 13.1. The number of carbonyl (C=O) groups is 11. The molecule has 3 heterocycles. The molecule has 22 heteroatoms.